The summed E-state index contributed by atoms with van der Waals surface area (Å²) in [6.45, 7) is 4.38. The van der Waals surface area contributed by atoms with Gasteiger partial charge in [-0.05, 0) is 30.2 Å². The van der Waals surface area contributed by atoms with Crippen LogP contribution in [-0.4, -0.2) is 58.1 Å². The molecular weight excluding hydrogens is 477 g/mol. The SMILES string of the molecule is NC(=O)c1cc2ccc(CN3CC4(CCN(c5ncnc6sc(CC(F)(F)F)cc56)C4)C3)cc2[nH]1. The third-order valence-electron chi connectivity index (χ3n) is 6.95. The highest BCUT2D eigenvalue weighted by Crippen LogP contribution is 2.43. The minimum Gasteiger partial charge on any atom is -0.364 e. The maximum atomic E-state index is 12.9. The van der Waals surface area contributed by atoms with E-state index in [1.54, 1.807) is 12.1 Å². The van der Waals surface area contributed by atoms with Crippen molar-refractivity contribution < 1.29 is 18.0 Å². The number of aromatic amines is 1. The molecule has 7 nitrogen and oxygen atoms in total. The first kappa shape index (κ1) is 22.3. The van der Waals surface area contributed by atoms with E-state index in [4.69, 9.17) is 5.73 Å². The first-order valence-corrected chi connectivity index (χ1v) is 12.2. The normalized spacial score (nSPS) is 18.1. The van der Waals surface area contributed by atoms with Crippen molar-refractivity contribution in [3.8, 4) is 0 Å². The molecule has 35 heavy (non-hydrogen) atoms. The van der Waals surface area contributed by atoms with E-state index in [1.165, 1.54) is 6.33 Å². The zero-order chi connectivity index (χ0) is 24.4. The number of hydrogen-bond acceptors (Lipinski definition) is 6. The summed E-state index contributed by atoms with van der Waals surface area (Å²) in [6, 6.07) is 9.48. The Bertz CT molecular complexity index is 1440. The number of primary amides is 1. The van der Waals surface area contributed by atoms with Crippen molar-refractivity contribution in [1.29, 1.82) is 0 Å². The number of anilines is 1. The molecule has 3 aromatic heterocycles. The molecule has 11 heteroatoms. The number of amides is 1. The van der Waals surface area contributed by atoms with Gasteiger partial charge in [-0.15, -0.1) is 11.3 Å². The van der Waals surface area contributed by atoms with Crippen LogP contribution < -0.4 is 10.6 Å². The molecule has 2 saturated heterocycles. The van der Waals surface area contributed by atoms with E-state index in [-0.39, 0.29) is 10.3 Å². The van der Waals surface area contributed by atoms with Gasteiger partial charge in [-0.3, -0.25) is 9.69 Å². The number of nitrogens with zero attached hydrogens (tertiary/aromatic N) is 4. The molecule has 0 aliphatic carbocycles. The summed E-state index contributed by atoms with van der Waals surface area (Å²) in [4.78, 5) is 28.6. The van der Waals surface area contributed by atoms with Gasteiger partial charge in [-0.1, -0.05) is 12.1 Å². The lowest BCUT2D eigenvalue weighted by Gasteiger charge is -2.48. The van der Waals surface area contributed by atoms with Crippen LogP contribution in [-0.2, 0) is 13.0 Å². The Labute approximate surface area is 202 Å². The Hall–Kier alpha value is -3.18. The predicted molar refractivity (Wildman–Crippen MR) is 129 cm³/mol. The lowest BCUT2D eigenvalue weighted by Crippen LogP contribution is -2.56. The predicted octanol–water partition coefficient (Wildman–Crippen LogP) is 4.09. The first-order valence-electron chi connectivity index (χ1n) is 11.4. The van der Waals surface area contributed by atoms with Crippen LogP contribution in [0.2, 0.25) is 0 Å². The van der Waals surface area contributed by atoms with Crippen molar-refractivity contribution in [3.05, 3.63) is 52.8 Å². The van der Waals surface area contributed by atoms with Crippen molar-refractivity contribution in [2.45, 2.75) is 25.6 Å². The summed E-state index contributed by atoms with van der Waals surface area (Å²) < 4.78 is 38.6. The number of benzene rings is 1. The average Bonchev–Trinajstić information content (AvgIpc) is 3.47. The molecule has 2 aliphatic rings. The van der Waals surface area contributed by atoms with Crippen LogP contribution in [0.5, 0.6) is 0 Å². The van der Waals surface area contributed by atoms with Gasteiger partial charge >= 0.3 is 6.18 Å². The molecular formula is C24H23F3N6OS. The number of nitrogens with one attached hydrogen (secondary N) is 1. The van der Waals surface area contributed by atoms with Gasteiger partial charge in [0.15, 0.2) is 0 Å². The van der Waals surface area contributed by atoms with Gasteiger partial charge in [0, 0.05) is 53.9 Å². The van der Waals surface area contributed by atoms with E-state index in [1.807, 2.05) is 6.07 Å². The van der Waals surface area contributed by atoms with Crippen LogP contribution in [0.25, 0.3) is 21.1 Å². The summed E-state index contributed by atoms with van der Waals surface area (Å²) in [5.41, 5.74) is 7.99. The van der Waals surface area contributed by atoms with Crippen molar-refractivity contribution >= 4 is 44.2 Å². The minimum atomic E-state index is -4.24. The Morgan fingerprint density at radius 1 is 1.17 bits per heavy atom. The number of H-pyrrole nitrogens is 1. The second-order valence-corrected chi connectivity index (χ2v) is 10.8. The lowest BCUT2D eigenvalue weighted by molar-refractivity contribution is -0.126. The van der Waals surface area contributed by atoms with Crippen molar-refractivity contribution in [2.75, 3.05) is 31.1 Å². The van der Waals surface area contributed by atoms with Crippen molar-refractivity contribution in [2.24, 2.45) is 11.1 Å². The van der Waals surface area contributed by atoms with E-state index in [0.717, 1.165) is 72.8 Å². The summed E-state index contributed by atoms with van der Waals surface area (Å²) in [7, 11) is 0. The van der Waals surface area contributed by atoms with E-state index < -0.39 is 18.5 Å². The van der Waals surface area contributed by atoms with Gasteiger partial charge in [0.05, 0.1) is 11.8 Å². The third-order valence-corrected chi connectivity index (χ3v) is 7.99. The van der Waals surface area contributed by atoms with Crippen molar-refractivity contribution in [1.82, 2.24) is 19.9 Å². The number of nitrogens with two attached hydrogens (primary N) is 1. The number of rotatable bonds is 5. The summed E-state index contributed by atoms with van der Waals surface area (Å²) in [6.07, 6.45) is -2.71. The highest BCUT2D eigenvalue weighted by Gasteiger charge is 2.48. The molecule has 2 aliphatic heterocycles. The molecule has 4 aromatic rings. The zero-order valence-electron chi connectivity index (χ0n) is 18.7. The number of halogens is 3. The molecule has 1 spiro atoms. The van der Waals surface area contributed by atoms with Crippen LogP contribution in [0, 0.1) is 5.41 Å². The molecule has 0 bridgehead atoms. The largest absolute Gasteiger partial charge is 0.393 e. The fraction of sp³-hybridized carbons (Fsp3) is 0.375. The monoisotopic (exact) mass is 500 g/mol. The van der Waals surface area contributed by atoms with Gasteiger partial charge in [0.2, 0.25) is 0 Å². The standard InChI is InChI=1S/C24H23F3N6OS/c25-24(26,27)8-16-7-17-21(29-13-30-22(17)35-16)33-4-3-23(12-33)10-32(11-23)9-14-1-2-15-6-19(20(28)34)31-18(15)5-14/h1-2,5-7,13,31H,3-4,8-12H2,(H2,28,34). The number of aromatic nitrogens is 3. The zero-order valence-corrected chi connectivity index (χ0v) is 19.5. The van der Waals surface area contributed by atoms with Gasteiger partial charge in [-0.25, -0.2) is 9.97 Å². The molecule has 0 radical (unpaired) electrons. The number of carbonyl (C=O) groups is 1. The number of fused-ring (bicyclic) bond motifs is 2. The summed E-state index contributed by atoms with van der Waals surface area (Å²) in [5, 5.41) is 1.66. The first-order chi connectivity index (χ1) is 16.7. The quantitative estimate of drug-likeness (QED) is 0.431. The smallest absolute Gasteiger partial charge is 0.364 e. The summed E-state index contributed by atoms with van der Waals surface area (Å²) in [5.74, 6) is 0.260. The van der Waals surface area contributed by atoms with E-state index in [0.29, 0.717) is 15.9 Å². The van der Waals surface area contributed by atoms with Gasteiger partial charge < -0.3 is 15.6 Å². The molecule has 0 atom stereocenters. The van der Waals surface area contributed by atoms with E-state index in [9.17, 15) is 18.0 Å². The second kappa shape index (κ2) is 7.92. The maximum absolute atomic E-state index is 12.9. The Kier molecular flexibility index (Phi) is 5.05. The molecule has 1 amide bonds. The Morgan fingerprint density at radius 2 is 2.00 bits per heavy atom. The molecule has 182 valence electrons. The summed E-state index contributed by atoms with van der Waals surface area (Å²) >= 11 is 1.09. The van der Waals surface area contributed by atoms with Gasteiger partial charge in [-0.2, -0.15) is 13.2 Å². The van der Waals surface area contributed by atoms with Crippen LogP contribution in [0.1, 0.15) is 27.3 Å². The van der Waals surface area contributed by atoms with E-state index in [2.05, 4.69) is 36.9 Å². The Morgan fingerprint density at radius 3 is 2.77 bits per heavy atom. The highest BCUT2D eigenvalue weighted by molar-refractivity contribution is 7.18. The fourth-order valence-corrected chi connectivity index (χ4v) is 6.50. The number of alkyl halides is 3. The molecule has 6 rings (SSSR count). The lowest BCUT2D eigenvalue weighted by atomic mass is 9.79. The second-order valence-electron chi connectivity index (χ2n) is 9.71. The average molecular weight is 501 g/mol. The molecule has 2 fully saturated rings. The fourth-order valence-electron chi connectivity index (χ4n) is 5.48. The topological polar surface area (TPSA) is 91.1 Å². The number of hydrogen-bond donors (Lipinski definition) is 2. The molecule has 3 N–H and O–H groups in total. The molecule has 0 unspecified atom stereocenters. The minimum absolute atomic E-state index is 0.164. The molecule has 0 saturated carbocycles. The van der Waals surface area contributed by atoms with Gasteiger partial charge in [0.1, 0.15) is 22.7 Å². The van der Waals surface area contributed by atoms with Crippen LogP contribution in [0.15, 0.2) is 36.7 Å². The van der Waals surface area contributed by atoms with Crippen LogP contribution in [0.3, 0.4) is 0 Å². The van der Waals surface area contributed by atoms with Crippen LogP contribution >= 0.6 is 11.3 Å². The third kappa shape index (κ3) is 4.23. The van der Waals surface area contributed by atoms with Crippen molar-refractivity contribution in [3.63, 3.8) is 0 Å². The van der Waals surface area contributed by atoms with Crippen LogP contribution in [0.4, 0.5) is 19.0 Å². The number of thiophene rings is 1. The van der Waals surface area contributed by atoms with Gasteiger partial charge in [0.25, 0.3) is 5.91 Å². The number of likely N-dealkylation sites (tertiary alicyclic amines) is 1. The molecule has 5 heterocycles. The molecule has 1 aromatic carbocycles. The maximum Gasteiger partial charge on any atom is 0.393 e. The highest BCUT2D eigenvalue weighted by atomic mass is 32.1. The Balaban J connectivity index is 1.13. The number of carbonyl (C=O) groups excluding carboxylic acids is 1. The van der Waals surface area contributed by atoms with E-state index >= 15 is 0 Å².